The first kappa shape index (κ1) is 3.96. The van der Waals surface area contributed by atoms with Crippen LogP contribution in [0.4, 0.5) is 0 Å². The molecule has 0 fully saturated rings. The molecule has 0 rings (SSSR count). The Morgan fingerprint density at radius 3 is 2.25 bits per heavy atom. The molecule has 24 valence electrons. The van der Waals surface area contributed by atoms with E-state index >= 15 is 0 Å². The van der Waals surface area contributed by atoms with Crippen LogP contribution in [0.25, 0.3) is 0 Å². The van der Waals surface area contributed by atoms with E-state index in [0.29, 0.717) is 0 Å². The SMILES string of the molecule is [CH2]O[CH]C. The minimum Gasteiger partial charge on any atom is -0.373 e. The Morgan fingerprint density at radius 1 is 2.00 bits per heavy atom. The largest absolute Gasteiger partial charge is 0.373 e. The summed E-state index contributed by atoms with van der Waals surface area (Å²) in [6, 6.07) is 0. The molecule has 2 radical (unpaired) electrons. The Balaban J connectivity index is 1.97. The Morgan fingerprint density at radius 2 is 2.25 bits per heavy atom. The van der Waals surface area contributed by atoms with E-state index in [1.54, 1.807) is 6.92 Å². The summed E-state index contributed by atoms with van der Waals surface area (Å²) < 4.78 is 4.17. The first-order chi connectivity index (χ1) is 1.91. The van der Waals surface area contributed by atoms with Crippen LogP contribution in [0, 0.1) is 13.7 Å². The zero-order valence-electron chi connectivity index (χ0n) is 2.69. The van der Waals surface area contributed by atoms with Crippen molar-refractivity contribution < 1.29 is 4.74 Å². The van der Waals surface area contributed by atoms with E-state index in [1.165, 1.54) is 6.61 Å². The van der Waals surface area contributed by atoms with Crippen molar-refractivity contribution in [2.45, 2.75) is 6.92 Å². The maximum absolute atomic E-state index is 4.17. The lowest BCUT2D eigenvalue weighted by Crippen LogP contribution is -1.59. The van der Waals surface area contributed by atoms with Crippen molar-refractivity contribution in [1.29, 1.82) is 0 Å². The Labute approximate surface area is 26.6 Å². The van der Waals surface area contributed by atoms with Crippen LogP contribution < -0.4 is 0 Å². The zero-order valence-corrected chi connectivity index (χ0v) is 2.69. The van der Waals surface area contributed by atoms with Crippen LogP contribution in [0.2, 0.25) is 0 Å². The van der Waals surface area contributed by atoms with Crippen molar-refractivity contribution in [2.24, 2.45) is 0 Å². The van der Waals surface area contributed by atoms with E-state index in [9.17, 15) is 0 Å². The molecule has 0 unspecified atom stereocenters. The number of hydrogen-bond acceptors (Lipinski definition) is 1. The molecule has 0 aliphatic rings. The summed E-state index contributed by atoms with van der Waals surface area (Å²) in [7, 11) is 3.05. The topological polar surface area (TPSA) is 9.23 Å². The normalized spacial score (nSPS) is 7.50. The van der Waals surface area contributed by atoms with Crippen molar-refractivity contribution in [3.05, 3.63) is 13.7 Å². The van der Waals surface area contributed by atoms with Crippen LogP contribution in [0.15, 0.2) is 0 Å². The Bertz CT molecular complexity index is 5.25. The molecule has 0 amide bonds. The highest BCUT2D eigenvalue weighted by molar-refractivity contribution is 4.27. The molecule has 0 N–H and O–H groups in total. The summed E-state index contributed by atoms with van der Waals surface area (Å²) in [4.78, 5) is 0. The summed E-state index contributed by atoms with van der Waals surface area (Å²) in [5.74, 6) is 0. The monoisotopic (exact) mass is 58.0 g/mol. The van der Waals surface area contributed by atoms with Gasteiger partial charge in [-0.15, -0.1) is 0 Å². The molecule has 0 aromatic carbocycles. The molecule has 0 heterocycles. The molecule has 1 nitrogen and oxygen atoms in total. The second-order valence-electron chi connectivity index (χ2n) is 0.402. The van der Waals surface area contributed by atoms with Crippen LogP contribution in [-0.4, -0.2) is 0 Å². The minimum absolute atomic E-state index is 1.51. The van der Waals surface area contributed by atoms with Gasteiger partial charge in [0.25, 0.3) is 0 Å². The van der Waals surface area contributed by atoms with Gasteiger partial charge in [0.05, 0.1) is 13.7 Å². The fourth-order valence-electron chi connectivity index (χ4n) is 0. The predicted octanol–water partition coefficient (Wildman–Crippen LogP) is 0.976. The first-order valence-electron chi connectivity index (χ1n) is 1.10. The zero-order chi connectivity index (χ0) is 3.41. The highest BCUT2D eigenvalue weighted by Gasteiger charge is 1.54. The highest BCUT2D eigenvalue weighted by Crippen LogP contribution is 1.66. The lowest BCUT2D eigenvalue weighted by atomic mass is 10.9. The molecule has 0 aliphatic carbocycles. The molecule has 0 spiro atoms. The molecule has 0 saturated carbocycles. The van der Waals surface area contributed by atoms with Gasteiger partial charge in [-0.2, -0.15) is 0 Å². The third-order valence-electron chi connectivity index (χ3n) is 0.167. The molecular weight excluding hydrogens is 52.0 g/mol. The van der Waals surface area contributed by atoms with Crippen LogP contribution in [-0.2, 0) is 4.74 Å². The highest BCUT2D eigenvalue weighted by atomic mass is 16.5. The van der Waals surface area contributed by atoms with E-state index in [4.69, 9.17) is 0 Å². The van der Waals surface area contributed by atoms with Crippen LogP contribution in [0.1, 0.15) is 6.92 Å². The smallest absolute Gasteiger partial charge is 0.0807 e. The fourth-order valence-corrected chi connectivity index (χ4v) is 0. The summed E-state index contributed by atoms with van der Waals surface area (Å²) >= 11 is 0. The molecule has 0 aliphatic heterocycles. The van der Waals surface area contributed by atoms with Crippen molar-refractivity contribution in [3.8, 4) is 0 Å². The van der Waals surface area contributed by atoms with Crippen molar-refractivity contribution in [3.63, 3.8) is 0 Å². The lowest BCUT2D eigenvalue weighted by molar-refractivity contribution is 0.333. The van der Waals surface area contributed by atoms with Gasteiger partial charge < -0.3 is 4.74 Å². The second-order valence-corrected chi connectivity index (χ2v) is 0.402. The van der Waals surface area contributed by atoms with Crippen LogP contribution in [0.3, 0.4) is 0 Å². The quantitative estimate of drug-likeness (QED) is 0.436. The standard InChI is InChI=1S/C3H6O/c1-3-4-2/h3H,2H2,1H3. The molecule has 0 saturated heterocycles. The molecule has 0 aromatic heterocycles. The molecule has 1 heteroatoms. The third-order valence-corrected chi connectivity index (χ3v) is 0.167. The van der Waals surface area contributed by atoms with Crippen molar-refractivity contribution in [1.82, 2.24) is 0 Å². The van der Waals surface area contributed by atoms with Gasteiger partial charge in [-0.25, -0.2) is 0 Å². The Kier molecular flexibility index (Phi) is 2.93. The molecule has 0 bridgehead atoms. The maximum Gasteiger partial charge on any atom is 0.0807 e. The van der Waals surface area contributed by atoms with Crippen molar-refractivity contribution >= 4 is 0 Å². The van der Waals surface area contributed by atoms with Crippen molar-refractivity contribution in [2.75, 3.05) is 0 Å². The Hall–Kier alpha value is -0.0400. The average Bonchev–Trinajstić information content (AvgIpc) is 1.37. The molecule has 4 heavy (non-hydrogen) atoms. The van der Waals surface area contributed by atoms with Gasteiger partial charge in [-0.1, -0.05) is 0 Å². The van der Waals surface area contributed by atoms with Gasteiger partial charge in [-0.3, -0.25) is 0 Å². The third kappa shape index (κ3) is 1.96. The molecule has 0 aromatic rings. The summed E-state index contributed by atoms with van der Waals surface area (Å²) in [5, 5.41) is 0. The van der Waals surface area contributed by atoms with Gasteiger partial charge in [0.15, 0.2) is 0 Å². The van der Waals surface area contributed by atoms with Gasteiger partial charge in [0.1, 0.15) is 0 Å². The number of ether oxygens (including phenoxy) is 1. The lowest BCUT2D eigenvalue weighted by Gasteiger charge is -1.74. The number of rotatable bonds is 1. The van der Waals surface area contributed by atoms with E-state index in [0.717, 1.165) is 0 Å². The summed E-state index contributed by atoms with van der Waals surface area (Å²) in [6.45, 7) is 3.28. The minimum atomic E-state index is 1.51. The van der Waals surface area contributed by atoms with Gasteiger partial charge >= 0.3 is 0 Å². The number of hydrogen-bond donors (Lipinski definition) is 0. The summed E-state index contributed by atoms with van der Waals surface area (Å²) in [5.41, 5.74) is 0. The van der Waals surface area contributed by atoms with Gasteiger partial charge in [-0.05, 0) is 6.92 Å². The molecule has 0 atom stereocenters. The fraction of sp³-hybridized carbons (Fsp3) is 0.333. The average molecular weight is 58.1 g/mol. The van der Waals surface area contributed by atoms with E-state index in [-0.39, 0.29) is 0 Å². The van der Waals surface area contributed by atoms with Gasteiger partial charge in [0, 0.05) is 0 Å². The van der Waals surface area contributed by atoms with Crippen LogP contribution >= 0.6 is 0 Å². The van der Waals surface area contributed by atoms with E-state index in [2.05, 4.69) is 11.8 Å². The summed E-state index contributed by atoms with van der Waals surface area (Å²) in [6.07, 6.45) is 0. The van der Waals surface area contributed by atoms with E-state index < -0.39 is 0 Å². The van der Waals surface area contributed by atoms with Crippen LogP contribution in [0.5, 0.6) is 0 Å². The first-order valence-corrected chi connectivity index (χ1v) is 1.10. The molecular formula is C3H6O. The second kappa shape index (κ2) is 2.96. The van der Waals surface area contributed by atoms with E-state index in [1.807, 2.05) is 0 Å². The van der Waals surface area contributed by atoms with Gasteiger partial charge in [0.2, 0.25) is 0 Å². The predicted molar refractivity (Wildman–Crippen MR) is 16.4 cm³/mol. The maximum atomic E-state index is 4.17.